The van der Waals surface area contributed by atoms with Crippen LogP contribution in [0.5, 0.6) is 0 Å². The van der Waals surface area contributed by atoms with Gasteiger partial charge in [0.2, 0.25) is 0 Å². The third kappa shape index (κ3) is 3.28. The summed E-state index contributed by atoms with van der Waals surface area (Å²) in [6.07, 6.45) is -0.766. The molecular weight excluding hydrogens is 267 g/mol. The molecule has 82 valence electrons. The monoisotopic (exact) mass is 276 g/mol. The second-order valence-corrected chi connectivity index (χ2v) is 3.80. The van der Waals surface area contributed by atoms with E-state index in [9.17, 15) is 9.18 Å². The van der Waals surface area contributed by atoms with Gasteiger partial charge in [-0.25, -0.2) is 4.39 Å². The number of aliphatic hydroxyl groups is 1. The molecule has 3 nitrogen and oxygen atoms in total. The number of hydrogen-bond acceptors (Lipinski definition) is 3. The van der Waals surface area contributed by atoms with Crippen molar-refractivity contribution in [3.05, 3.63) is 34.1 Å². The zero-order valence-electron chi connectivity index (χ0n) is 8.04. The molecule has 1 aromatic carbocycles. The van der Waals surface area contributed by atoms with E-state index in [2.05, 4.69) is 15.9 Å². The van der Waals surface area contributed by atoms with Crippen LogP contribution in [0.25, 0.3) is 0 Å². The number of carbonyl (C=O) groups is 1. The maximum Gasteiger partial charge on any atom is 0.303 e. The number of aliphatic hydroxyl groups excluding tert-OH is 1. The van der Waals surface area contributed by atoms with Crippen LogP contribution in [0.3, 0.4) is 0 Å². The van der Waals surface area contributed by atoms with E-state index in [1.54, 1.807) is 0 Å². The molecule has 5 heteroatoms. The van der Waals surface area contributed by atoms with E-state index in [1.807, 2.05) is 0 Å². The number of ether oxygens (including phenoxy) is 1. The minimum absolute atomic E-state index is 0.343. The molecule has 0 aliphatic carbocycles. The average Bonchev–Trinajstić information content (AvgIpc) is 2.14. The molecule has 0 aliphatic heterocycles. The summed E-state index contributed by atoms with van der Waals surface area (Å²) in [6, 6.07) is 3.96. The zero-order valence-corrected chi connectivity index (χ0v) is 9.62. The maximum absolute atomic E-state index is 12.8. The summed E-state index contributed by atoms with van der Waals surface area (Å²) >= 11 is 3.14. The maximum atomic E-state index is 12.8. The van der Waals surface area contributed by atoms with Crippen molar-refractivity contribution in [2.45, 2.75) is 13.0 Å². The fourth-order valence-electron chi connectivity index (χ4n) is 1.16. The van der Waals surface area contributed by atoms with Crippen LogP contribution in [0, 0.1) is 5.82 Å². The summed E-state index contributed by atoms with van der Waals surface area (Å²) in [5.74, 6) is -0.893. The largest absolute Gasteiger partial charge is 0.455 e. The van der Waals surface area contributed by atoms with E-state index >= 15 is 0 Å². The quantitative estimate of drug-likeness (QED) is 0.861. The second kappa shape index (κ2) is 5.23. The van der Waals surface area contributed by atoms with Gasteiger partial charge in [-0.15, -0.1) is 0 Å². The first-order valence-corrected chi connectivity index (χ1v) is 5.07. The van der Waals surface area contributed by atoms with E-state index in [0.717, 1.165) is 0 Å². The lowest BCUT2D eigenvalue weighted by atomic mass is 10.1. The number of rotatable bonds is 3. The summed E-state index contributed by atoms with van der Waals surface area (Å²) in [5.41, 5.74) is 0.536. The van der Waals surface area contributed by atoms with Crippen LogP contribution in [-0.4, -0.2) is 17.7 Å². The van der Waals surface area contributed by atoms with Crippen molar-refractivity contribution in [3.63, 3.8) is 0 Å². The topological polar surface area (TPSA) is 46.5 Å². The van der Waals surface area contributed by atoms with Gasteiger partial charge in [0.25, 0.3) is 0 Å². The van der Waals surface area contributed by atoms with Crippen molar-refractivity contribution in [2.24, 2.45) is 0 Å². The van der Waals surface area contributed by atoms with Crippen molar-refractivity contribution < 1.29 is 19.0 Å². The van der Waals surface area contributed by atoms with Crippen molar-refractivity contribution in [3.8, 4) is 0 Å². The fourth-order valence-corrected chi connectivity index (χ4v) is 1.77. The molecule has 0 aliphatic rings. The summed E-state index contributed by atoms with van der Waals surface area (Å²) in [6.45, 7) is 0.907. The molecule has 0 amide bonds. The fraction of sp³-hybridized carbons (Fsp3) is 0.300. The Bertz CT molecular complexity index is 368. The zero-order chi connectivity index (χ0) is 11.4. The number of benzene rings is 1. The highest BCUT2D eigenvalue weighted by molar-refractivity contribution is 9.10. The van der Waals surface area contributed by atoms with Crippen LogP contribution in [0.2, 0.25) is 0 Å². The highest BCUT2D eigenvalue weighted by Crippen LogP contribution is 2.26. The third-order valence-corrected chi connectivity index (χ3v) is 2.47. The Morgan fingerprint density at radius 3 is 2.80 bits per heavy atom. The minimum atomic E-state index is -0.766. The van der Waals surface area contributed by atoms with Crippen molar-refractivity contribution >= 4 is 21.9 Å². The van der Waals surface area contributed by atoms with Crippen molar-refractivity contribution in [1.29, 1.82) is 0 Å². The number of carbonyl (C=O) groups excluding carboxylic acids is 1. The van der Waals surface area contributed by atoms with E-state index in [4.69, 9.17) is 9.84 Å². The van der Waals surface area contributed by atoms with Crippen LogP contribution in [0.15, 0.2) is 22.7 Å². The molecule has 0 fully saturated rings. The SMILES string of the molecule is CC(=O)O[C@@H](CO)c1ccc(F)cc1Br. The van der Waals surface area contributed by atoms with E-state index < -0.39 is 17.9 Å². The molecule has 1 aromatic rings. The van der Waals surface area contributed by atoms with Gasteiger partial charge in [-0.05, 0) is 12.1 Å². The van der Waals surface area contributed by atoms with Gasteiger partial charge in [-0.1, -0.05) is 22.0 Å². The molecular formula is C10H10BrFO3. The average molecular weight is 277 g/mol. The molecule has 0 heterocycles. The van der Waals surface area contributed by atoms with E-state index in [1.165, 1.54) is 25.1 Å². The first-order valence-electron chi connectivity index (χ1n) is 4.27. The van der Waals surface area contributed by atoms with Crippen molar-refractivity contribution in [2.75, 3.05) is 6.61 Å². The van der Waals surface area contributed by atoms with E-state index in [0.29, 0.717) is 10.0 Å². The molecule has 0 spiro atoms. The highest BCUT2D eigenvalue weighted by atomic mass is 79.9. The molecule has 15 heavy (non-hydrogen) atoms. The van der Waals surface area contributed by atoms with E-state index in [-0.39, 0.29) is 6.61 Å². The van der Waals surface area contributed by atoms with Crippen molar-refractivity contribution in [1.82, 2.24) is 0 Å². The summed E-state index contributed by atoms with van der Waals surface area (Å²) in [5, 5.41) is 9.03. The highest BCUT2D eigenvalue weighted by Gasteiger charge is 2.16. The molecule has 0 saturated carbocycles. The molecule has 1 rings (SSSR count). The second-order valence-electron chi connectivity index (χ2n) is 2.95. The van der Waals surface area contributed by atoms with Gasteiger partial charge in [-0.3, -0.25) is 4.79 Å². The molecule has 0 aromatic heterocycles. The Labute approximate surface area is 95.0 Å². The third-order valence-electron chi connectivity index (χ3n) is 1.78. The lowest BCUT2D eigenvalue weighted by Crippen LogP contribution is -2.12. The van der Waals surface area contributed by atoms with Gasteiger partial charge in [-0.2, -0.15) is 0 Å². The Kier molecular flexibility index (Phi) is 4.23. The van der Waals surface area contributed by atoms with Gasteiger partial charge in [0, 0.05) is 17.0 Å². The van der Waals surface area contributed by atoms with Crippen LogP contribution in [-0.2, 0) is 9.53 Å². The number of esters is 1. The van der Waals surface area contributed by atoms with Gasteiger partial charge in [0.1, 0.15) is 5.82 Å². The van der Waals surface area contributed by atoms with Crippen LogP contribution in [0.4, 0.5) is 4.39 Å². The predicted octanol–water partition coefficient (Wildman–Crippen LogP) is 2.18. The summed E-state index contributed by atoms with van der Waals surface area (Å²) in [4.78, 5) is 10.7. The lowest BCUT2D eigenvalue weighted by molar-refractivity contribution is -0.148. The minimum Gasteiger partial charge on any atom is -0.455 e. The molecule has 0 saturated heterocycles. The van der Waals surface area contributed by atoms with Gasteiger partial charge in [0.15, 0.2) is 6.10 Å². The molecule has 1 atom stereocenters. The molecule has 0 radical (unpaired) electrons. The number of halogens is 2. The summed E-state index contributed by atoms with van der Waals surface area (Å²) in [7, 11) is 0. The lowest BCUT2D eigenvalue weighted by Gasteiger charge is -2.16. The van der Waals surface area contributed by atoms with Crippen LogP contribution < -0.4 is 0 Å². The van der Waals surface area contributed by atoms with Gasteiger partial charge in [0.05, 0.1) is 6.61 Å². The Balaban J connectivity index is 2.96. The van der Waals surface area contributed by atoms with Gasteiger partial charge < -0.3 is 9.84 Å². The first kappa shape index (κ1) is 12.1. The molecule has 1 N–H and O–H groups in total. The predicted molar refractivity (Wildman–Crippen MR) is 55.7 cm³/mol. The smallest absolute Gasteiger partial charge is 0.303 e. The standard InChI is InChI=1S/C10H10BrFO3/c1-6(14)15-10(5-13)8-3-2-7(12)4-9(8)11/h2-4,10,13H,5H2,1H3/t10-/m0/s1. The number of hydrogen-bond donors (Lipinski definition) is 1. The Hall–Kier alpha value is -0.940. The molecule has 0 bridgehead atoms. The van der Waals surface area contributed by atoms with Crippen LogP contribution in [0.1, 0.15) is 18.6 Å². The summed E-state index contributed by atoms with van der Waals surface area (Å²) < 4.78 is 18.1. The van der Waals surface area contributed by atoms with Crippen LogP contribution >= 0.6 is 15.9 Å². The molecule has 0 unspecified atom stereocenters. The normalized spacial score (nSPS) is 12.3. The van der Waals surface area contributed by atoms with Gasteiger partial charge >= 0.3 is 5.97 Å². The Morgan fingerprint density at radius 1 is 1.67 bits per heavy atom. The first-order chi connectivity index (χ1) is 7.04. The Morgan fingerprint density at radius 2 is 2.33 bits per heavy atom.